The highest BCUT2D eigenvalue weighted by atomic mass is 32.2. The Morgan fingerprint density at radius 2 is 2.12 bits per heavy atom. The Morgan fingerprint density at radius 1 is 1.41 bits per heavy atom. The van der Waals surface area contributed by atoms with E-state index in [1.54, 1.807) is 6.20 Å². The molecule has 0 saturated heterocycles. The minimum atomic E-state index is -3.03. The first-order chi connectivity index (χ1) is 7.87. The van der Waals surface area contributed by atoms with Crippen molar-refractivity contribution in [3.63, 3.8) is 0 Å². The summed E-state index contributed by atoms with van der Waals surface area (Å²) < 4.78 is 21.7. The van der Waals surface area contributed by atoms with Gasteiger partial charge in [0, 0.05) is 24.7 Å². The van der Waals surface area contributed by atoms with Crippen LogP contribution in [0.25, 0.3) is 0 Å². The molecular weight excluding hydrogens is 240 g/mol. The van der Waals surface area contributed by atoms with E-state index >= 15 is 0 Å². The zero-order valence-corrected chi connectivity index (χ0v) is 10.8. The van der Waals surface area contributed by atoms with Crippen LogP contribution in [0.15, 0.2) is 18.3 Å². The number of hydrogen-bond acceptors (Lipinski definition) is 4. The van der Waals surface area contributed by atoms with Gasteiger partial charge in [-0.3, -0.25) is 9.78 Å². The molecule has 0 aliphatic rings. The van der Waals surface area contributed by atoms with Crippen LogP contribution >= 0.6 is 0 Å². The Hall–Kier alpha value is -1.43. The van der Waals surface area contributed by atoms with E-state index in [9.17, 15) is 13.2 Å². The fourth-order valence-corrected chi connectivity index (χ4v) is 1.70. The maximum absolute atomic E-state index is 11.4. The molecular formula is C11H16N2O3S. The third-order valence-electron chi connectivity index (χ3n) is 2.13. The van der Waals surface area contributed by atoms with Gasteiger partial charge in [-0.1, -0.05) is 6.07 Å². The van der Waals surface area contributed by atoms with E-state index in [-0.39, 0.29) is 24.6 Å². The summed E-state index contributed by atoms with van der Waals surface area (Å²) in [7, 11) is -3.03. The van der Waals surface area contributed by atoms with Gasteiger partial charge < -0.3 is 5.32 Å². The molecule has 6 heteroatoms. The molecule has 1 aromatic heterocycles. The van der Waals surface area contributed by atoms with Crippen LogP contribution in [0.5, 0.6) is 0 Å². The van der Waals surface area contributed by atoms with Gasteiger partial charge in [-0.15, -0.1) is 0 Å². The molecule has 0 spiro atoms. The summed E-state index contributed by atoms with van der Waals surface area (Å²) >= 11 is 0. The standard InChI is InChI=1S/C11H16N2O3S/c1-9-3-4-10(8-13-9)7-11(14)12-5-6-17(2,15)16/h3-4,8H,5-7H2,1-2H3,(H,12,14). The van der Waals surface area contributed by atoms with Crippen LogP contribution in [0, 0.1) is 6.92 Å². The topological polar surface area (TPSA) is 76.1 Å². The van der Waals surface area contributed by atoms with Gasteiger partial charge in [-0.25, -0.2) is 8.42 Å². The lowest BCUT2D eigenvalue weighted by Crippen LogP contribution is -2.30. The van der Waals surface area contributed by atoms with E-state index < -0.39 is 9.84 Å². The van der Waals surface area contributed by atoms with Gasteiger partial charge in [-0.2, -0.15) is 0 Å². The molecule has 1 N–H and O–H groups in total. The number of carbonyl (C=O) groups is 1. The van der Waals surface area contributed by atoms with Crippen molar-refractivity contribution >= 4 is 15.7 Å². The van der Waals surface area contributed by atoms with Gasteiger partial charge in [0.1, 0.15) is 9.84 Å². The van der Waals surface area contributed by atoms with Crippen molar-refractivity contribution < 1.29 is 13.2 Å². The van der Waals surface area contributed by atoms with Crippen molar-refractivity contribution in [2.75, 3.05) is 18.6 Å². The SMILES string of the molecule is Cc1ccc(CC(=O)NCCS(C)(=O)=O)cn1. The number of aromatic nitrogens is 1. The average Bonchev–Trinajstić information content (AvgIpc) is 2.19. The molecule has 1 heterocycles. The lowest BCUT2D eigenvalue weighted by molar-refractivity contribution is -0.120. The van der Waals surface area contributed by atoms with Crippen LogP contribution in [0.4, 0.5) is 0 Å². The molecule has 1 aromatic rings. The highest BCUT2D eigenvalue weighted by Crippen LogP contribution is 1.99. The second-order valence-electron chi connectivity index (χ2n) is 3.96. The predicted molar refractivity (Wildman–Crippen MR) is 65.4 cm³/mol. The van der Waals surface area contributed by atoms with Crippen LogP contribution in [0.2, 0.25) is 0 Å². The van der Waals surface area contributed by atoms with Crippen molar-refractivity contribution in [1.29, 1.82) is 0 Å². The third kappa shape index (κ3) is 6.01. The smallest absolute Gasteiger partial charge is 0.224 e. The normalized spacial score (nSPS) is 11.2. The molecule has 0 unspecified atom stereocenters. The second kappa shape index (κ2) is 5.77. The Bertz CT molecular complexity index is 480. The Morgan fingerprint density at radius 3 is 2.65 bits per heavy atom. The van der Waals surface area contributed by atoms with Crippen LogP contribution in [-0.4, -0.2) is 37.9 Å². The number of amides is 1. The molecule has 1 rings (SSSR count). The minimum absolute atomic E-state index is 0.0368. The number of hydrogen-bond donors (Lipinski definition) is 1. The van der Waals surface area contributed by atoms with Crippen LogP contribution in [0.3, 0.4) is 0 Å². The summed E-state index contributed by atoms with van der Waals surface area (Å²) in [6.45, 7) is 2.02. The zero-order chi connectivity index (χ0) is 12.9. The van der Waals surface area contributed by atoms with Crippen LogP contribution in [-0.2, 0) is 21.1 Å². The molecule has 0 saturated carbocycles. The quantitative estimate of drug-likeness (QED) is 0.810. The van der Waals surface area contributed by atoms with Gasteiger partial charge in [0.25, 0.3) is 0 Å². The maximum Gasteiger partial charge on any atom is 0.224 e. The average molecular weight is 256 g/mol. The number of nitrogens with one attached hydrogen (secondary N) is 1. The summed E-state index contributed by atoms with van der Waals surface area (Å²) in [5, 5.41) is 2.56. The lowest BCUT2D eigenvalue weighted by Gasteiger charge is -2.04. The number of nitrogens with zero attached hydrogens (tertiary/aromatic N) is 1. The second-order valence-corrected chi connectivity index (χ2v) is 6.22. The van der Waals surface area contributed by atoms with Crippen molar-refractivity contribution in [3.8, 4) is 0 Å². The predicted octanol–water partition coefficient (Wildman–Crippen LogP) is 0.0933. The van der Waals surface area contributed by atoms with Gasteiger partial charge in [0.05, 0.1) is 12.2 Å². The molecule has 0 fully saturated rings. The number of rotatable bonds is 5. The first-order valence-electron chi connectivity index (χ1n) is 5.23. The first kappa shape index (κ1) is 13.6. The van der Waals surface area contributed by atoms with Crippen molar-refractivity contribution in [1.82, 2.24) is 10.3 Å². The summed E-state index contributed by atoms with van der Waals surface area (Å²) in [4.78, 5) is 15.5. The van der Waals surface area contributed by atoms with E-state index in [0.29, 0.717) is 0 Å². The van der Waals surface area contributed by atoms with Gasteiger partial charge >= 0.3 is 0 Å². The molecule has 0 atom stereocenters. The van der Waals surface area contributed by atoms with E-state index in [1.807, 2.05) is 19.1 Å². The fraction of sp³-hybridized carbons (Fsp3) is 0.455. The minimum Gasteiger partial charge on any atom is -0.355 e. The summed E-state index contributed by atoms with van der Waals surface area (Å²) in [6, 6.07) is 3.66. The van der Waals surface area contributed by atoms with E-state index in [4.69, 9.17) is 0 Å². The van der Waals surface area contributed by atoms with Gasteiger partial charge in [0.2, 0.25) is 5.91 Å². The molecule has 0 bridgehead atoms. The Labute approximate surface area is 101 Å². The van der Waals surface area contributed by atoms with E-state index in [1.165, 1.54) is 0 Å². The van der Waals surface area contributed by atoms with Gasteiger partial charge in [0.15, 0.2) is 0 Å². The fourth-order valence-electron chi connectivity index (χ4n) is 1.23. The summed E-state index contributed by atoms with van der Waals surface area (Å²) in [5.41, 5.74) is 1.71. The molecule has 94 valence electrons. The highest BCUT2D eigenvalue weighted by Gasteiger charge is 2.06. The number of aryl methyl sites for hydroxylation is 1. The summed E-state index contributed by atoms with van der Waals surface area (Å²) in [5.74, 6) is -0.232. The molecule has 0 radical (unpaired) electrons. The monoisotopic (exact) mass is 256 g/mol. The Balaban J connectivity index is 2.37. The third-order valence-corrected chi connectivity index (χ3v) is 3.08. The van der Waals surface area contributed by atoms with E-state index in [2.05, 4.69) is 10.3 Å². The maximum atomic E-state index is 11.4. The molecule has 0 aliphatic heterocycles. The van der Waals surface area contributed by atoms with Crippen molar-refractivity contribution in [3.05, 3.63) is 29.6 Å². The van der Waals surface area contributed by atoms with Crippen LogP contribution < -0.4 is 5.32 Å². The molecule has 5 nitrogen and oxygen atoms in total. The highest BCUT2D eigenvalue weighted by molar-refractivity contribution is 7.90. The van der Waals surface area contributed by atoms with E-state index in [0.717, 1.165) is 17.5 Å². The van der Waals surface area contributed by atoms with Crippen molar-refractivity contribution in [2.45, 2.75) is 13.3 Å². The first-order valence-corrected chi connectivity index (χ1v) is 7.29. The number of pyridine rings is 1. The van der Waals surface area contributed by atoms with Gasteiger partial charge in [-0.05, 0) is 18.6 Å². The molecule has 17 heavy (non-hydrogen) atoms. The summed E-state index contributed by atoms with van der Waals surface area (Å²) in [6.07, 6.45) is 3.01. The number of sulfone groups is 1. The molecule has 1 amide bonds. The van der Waals surface area contributed by atoms with Crippen LogP contribution in [0.1, 0.15) is 11.3 Å². The molecule has 0 aliphatic carbocycles. The Kier molecular flexibility index (Phi) is 4.62. The zero-order valence-electron chi connectivity index (χ0n) is 9.93. The molecule has 0 aromatic carbocycles. The largest absolute Gasteiger partial charge is 0.355 e. The van der Waals surface area contributed by atoms with Crippen molar-refractivity contribution in [2.24, 2.45) is 0 Å². The lowest BCUT2D eigenvalue weighted by atomic mass is 10.2. The number of carbonyl (C=O) groups excluding carboxylic acids is 1.